The summed E-state index contributed by atoms with van der Waals surface area (Å²) in [4.78, 5) is 12.1. The minimum atomic E-state index is -0.335. The van der Waals surface area contributed by atoms with E-state index in [1.165, 1.54) is 22.3 Å². The van der Waals surface area contributed by atoms with Crippen molar-refractivity contribution in [2.45, 2.75) is 111 Å². The number of hydrogen-bond donors (Lipinski definition) is 1. The second kappa shape index (κ2) is 9.81. The molecule has 2 unspecified atom stereocenters. The average Bonchev–Trinajstić information content (AvgIpc) is 2.69. The van der Waals surface area contributed by atoms with Gasteiger partial charge in [0.2, 0.25) is 5.91 Å². The summed E-state index contributed by atoms with van der Waals surface area (Å²) in [7, 11) is 0. The molecule has 2 atom stereocenters. The van der Waals surface area contributed by atoms with Gasteiger partial charge in [0.25, 0.3) is 0 Å². The van der Waals surface area contributed by atoms with E-state index in [4.69, 9.17) is 5.73 Å². The minimum Gasteiger partial charge on any atom is -0.366 e. The van der Waals surface area contributed by atoms with Gasteiger partial charge in [0, 0.05) is 5.56 Å². The molecule has 2 nitrogen and oxygen atoms in total. The minimum absolute atomic E-state index is 0.116. The third kappa shape index (κ3) is 5.82. The monoisotopic (exact) mass is 435 g/mol. The van der Waals surface area contributed by atoms with E-state index in [-0.39, 0.29) is 16.7 Å². The van der Waals surface area contributed by atoms with Gasteiger partial charge in [0.15, 0.2) is 0 Å². The summed E-state index contributed by atoms with van der Waals surface area (Å²) in [6.45, 7) is 22.7. The van der Waals surface area contributed by atoms with E-state index in [1.807, 2.05) is 12.1 Å². The van der Waals surface area contributed by atoms with Crippen molar-refractivity contribution in [1.29, 1.82) is 0 Å². The maximum atomic E-state index is 12.1. The normalized spacial score (nSPS) is 14.5. The van der Waals surface area contributed by atoms with E-state index in [0.717, 1.165) is 18.4 Å². The maximum absolute atomic E-state index is 12.1. The Morgan fingerprint density at radius 2 is 1.12 bits per heavy atom. The summed E-state index contributed by atoms with van der Waals surface area (Å²) < 4.78 is 0. The number of carbonyl (C=O) groups is 1. The largest absolute Gasteiger partial charge is 0.366 e. The molecule has 2 aromatic rings. The third-order valence-electron chi connectivity index (χ3n) is 6.71. The Labute approximate surface area is 197 Å². The van der Waals surface area contributed by atoms with Crippen LogP contribution in [-0.4, -0.2) is 5.91 Å². The van der Waals surface area contributed by atoms with Crippen molar-refractivity contribution >= 4 is 5.91 Å². The van der Waals surface area contributed by atoms with E-state index < -0.39 is 0 Å². The second-order valence-electron chi connectivity index (χ2n) is 12.0. The molecule has 2 aromatic carbocycles. The van der Waals surface area contributed by atoms with E-state index in [1.54, 1.807) is 0 Å². The van der Waals surface area contributed by atoms with E-state index >= 15 is 0 Å². The van der Waals surface area contributed by atoms with Gasteiger partial charge in [-0.15, -0.1) is 0 Å². The van der Waals surface area contributed by atoms with Crippen LogP contribution in [0.2, 0.25) is 0 Å². The molecule has 0 bridgehead atoms. The first-order valence-corrected chi connectivity index (χ1v) is 12.2. The molecule has 0 radical (unpaired) electrons. The van der Waals surface area contributed by atoms with Gasteiger partial charge in [-0.25, -0.2) is 0 Å². The van der Waals surface area contributed by atoms with Crippen LogP contribution in [0.15, 0.2) is 36.4 Å². The van der Waals surface area contributed by atoms with Gasteiger partial charge in [-0.2, -0.15) is 0 Å². The highest BCUT2D eigenvalue weighted by molar-refractivity contribution is 5.95. The summed E-state index contributed by atoms with van der Waals surface area (Å²) in [5.41, 5.74) is 13.2. The quantitative estimate of drug-likeness (QED) is 0.468. The van der Waals surface area contributed by atoms with Crippen LogP contribution in [0.25, 0.3) is 0 Å². The summed E-state index contributed by atoms with van der Waals surface area (Å²) in [5.74, 6) is 1.01. The average molecular weight is 436 g/mol. The van der Waals surface area contributed by atoms with Crippen LogP contribution in [0, 0.1) is 0 Å². The number of hydrogen-bond acceptors (Lipinski definition) is 1. The molecule has 0 fully saturated rings. The molecule has 0 saturated heterocycles. The Bertz CT molecular complexity index is 940. The third-order valence-corrected chi connectivity index (χ3v) is 6.71. The molecule has 0 aliphatic rings. The zero-order valence-electron chi connectivity index (χ0n) is 22.1. The fraction of sp³-hybridized carbons (Fsp3) is 0.567. The Kier molecular flexibility index (Phi) is 8.02. The summed E-state index contributed by atoms with van der Waals surface area (Å²) in [6.07, 6.45) is 2.18. The van der Waals surface area contributed by atoms with E-state index in [2.05, 4.69) is 93.5 Å². The fourth-order valence-corrected chi connectivity index (χ4v) is 5.18. The highest BCUT2D eigenvalue weighted by Gasteiger charge is 2.28. The van der Waals surface area contributed by atoms with Crippen molar-refractivity contribution in [3.8, 4) is 0 Å². The van der Waals surface area contributed by atoms with Crippen LogP contribution in [0.3, 0.4) is 0 Å². The van der Waals surface area contributed by atoms with Gasteiger partial charge in [-0.05, 0) is 75.3 Å². The first-order valence-electron chi connectivity index (χ1n) is 12.2. The van der Waals surface area contributed by atoms with Crippen LogP contribution >= 0.6 is 0 Å². The molecule has 0 aromatic heterocycles. The summed E-state index contributed by atoms with van der Waals surface area (Å²) >= 11 is 0. The second-order valence-corrected chi connectivity index (χ2v) is 12.0. The molecule has 32 heavy (non-hydrogen) atoms. The van der Waals surface area contributed by atoms with Gasteiger partial charge in [-0.1, -0.05) is 99.6 Å². The smallest absolute Gasteiger partial charge is 0.249 e. The van der Waals surface area contributed by atoms with Crippen LogP contribution in [0.1, 0.15) is 138 Å². The molecular formula is C30H45NO. The summed E-state index contributed by atoms with van der Waals surface area (Å²) in [6, 6.07) is 12.9. The number of benzene rings is 2. The lowest BCUT2D eigenvalue weighted by atomic mass is 9.73. The Hall–Kier alpha value is -2.09. The van der Waals surface area contributed by atoms with Gasteiger partial charge in [0.05, 0.1) is 0 Å². The van der Waals surface area contributed by atoms with Crippen molar-refractivity contribution in [2.75, 3.05) is 0 Å². The van der Waals surface area contributed by atoms with Crippen molar-refractivity contribution in [3.05, 3.63) is 69.8 Å². The maximum Gasteiger partial charge on any atom is 0.249 e. The highest BCUT2D eigenvalue weighted by atomic mass is 16.1. The van der Waals surface area contributed by atoms with Gasteiger partial charge < -0.3 is 5.73 Å². The van der Waals surface area contributed by atoms with Gasteiger partial charge in [0.1, 0.15) is 0 Å². The Morgan fingerprint density at radius 1 is 0.719 bits per heavy atom. The first-order chi connectivity index (χ1) is 14.7. The first kappa shape index (κ1) is 26.2. The van der Waals surface area contributed by atoms with Crippen LogP contribution in [-0.2, 0) is 10.8 Å². The van der Waals surface area contributed by atoms with E-state index in [9.17, 15) is 4.79 Å². The molecule has 0 aliphatic carbocycles. The molecule has 2 rings (SSSR count). The topological polar surface area (TPSA) is 43.1 Å². The number of primary amides is 1. The SMILES string of the molecule is CC(C)c1cccc(C(C)CCC(C)c2cccc(C(N)=O)c2C(C)(C)C)c1C(C)(C)C. The molecule has 0 aliphatic heterocycles. The van der Waals surface area contributed by atoms with E-state index in [0.29, 0.717) is 23.3 Å². The molecule has 0 saturated carbocycles. The lowest BCUT2D eigenvalue weighted by molar-refractivity contribution is 0.0998. The predicted molar refractivity (Wildman–Crippen MR) is 139 cm³/mol. The van der Waals surface area contributed by atoms with Crippen molar-refractivity contribution in [1.82, 2.24) is 0 Å². The molecule has 176 valence electrons. The number of nitrogens with two attached hydrogens (primary N) is 1. The Morgan fingerprint density at radius 3 is 1.53 bits per heavy atom. The zero-order valence-corrected chi connectivity index (χ0v) is 22.1. The summed E-state index contributed by atoms with van der Waals surface area (Å²) in [5, 5.41) is 0. The number of amides is 1. The molecular weight excluding hydrogens is 390 g/mol. The van der Waals surface area contributed by atoms with Gasteiger partial charge >= 0.3 is 0 Å². The van der Waals surface area contributed by atoms with Crippen molar-refractivity contribution in [3.63, 3.8) is 0 Å². The molecule has 1 amide bonds. The lowest BCUT2D eigenvalue weighted by Gasteiger charge is -2.31. The molecule has 0 spiro atoms. The van der Waals surface area contributed by atoms with Crippen LogP contribution in [0.5, 0.6) is 0 Å². The van der Waals surface area contributed by atoms with Crippen LogP contribution in [0.4, 0.5) is 0 Å². The zero-order chi connectivity index (χ0) is 24.4. The fourth-order valence-electron chi connectivity index (χ4n) is 5.18. The van der Waals surface area contributed by atoms with Crippen LogP contribution < -0.4 is 5.73 Å². The predicted octanol–water partition coefficient (Wildman–Crippen LogP) is 8.19. The molecule has 2 N–H and O–H groups in total. The van der Waals surface area contributed by atoms with Gasteiger partial charge in [-0.3, -0.25) is 4.79 Å². The lowest BCUT2D eigenvalue weighted by Crippen LogP contribution is -2.24. The molecule has 2 heteroatoms. The highest BCUT2D eigenvalue weighted by Crippen LogP contribution is 2.40. The standard InChI is InChI=1S/C30H45NO/c1-19(2)22-13-11-14-23(26(22)29(5,6)7)20(3)17-18-21(4)24-15-12-16-25(28(31)32)27(24)30(8,9)10/h11-16,19-21H,17-18H2,1-10H3,(H2,31,32). The van der Waals surface area contributed by atoms with Crippen molar-refractivity contribution < 1.29 is 4.79 Å². The molecule has 0 heterocycles. The Balaban J connectivity index is 2.37. The number of carbonyl (C=O) groups excluding carboxylic acids is 1. The van der Waals surface area contributed by atoms with Crippen molar-refractivity contribution in [2.24, 2.45) is 5.73 Å². The number of rotatable bonds is 7.